The van der Waals surface area contributed by atoms with Crippen molar-refractivity contribution in [2.24, 2.45) is 5.92 Å². The zero-order valence-corrected chi connectivity index (χ0v) is 12.0. The number of hydrogen-bond acceptors (Lipinski definition) is 3. The standard InChI is InChI=1S/C15H18N2O4/c1-9-3-5-11(6-4-9)17-8-7-12(14(17)19)13(18)16-10(2)15(20)21/h3-6,10,12H,7-8H2,1-2H3,(H,16,18)(H,20,21)/t10-,12-/m0/s1. The maximum atomic E-state index is 12.3. The van der Waals surface area contributed by atoms with E-state index in [1.54, 1.807) is 4.90 Å². The molecule has 0 radical (unpaired) electrons. The molecule has 0 aromatic heterocycles. The quantitative estimate of drug-likeness (QED) is 0.808. The summed E-state index contributed by atoms with van der Waals surface area (Å²) < 4.78 is 0. The number of anilines is 1. The molecule has 1 saturated heterocycles. The zero-order valence-electron chi connectivity index (χ0n) is 12.0. The van der Waals surface area contributed by atoms with Gasteiger partial charge < -0.3 is 15.3 Å². The van der Waals surface area contributed by atoms with Crippen molar-refractivity contribution in [3.05, 3.63) is 29.8 Å². The second-order valence-electron chi connectivity index (χ2n) is 5.24. The van der Waals surface area contributed by atoms with Crippen LogP contribution in [0.1, 0.15) is 18.9 Å². The summed E-state index contributed by atoms with van der Waals surface area (Å²) in [5, 5.41) is 11.1. The minimum absolute atomic E-state index is 0.283. The van der Waals surface area contributed by atoms with Crippen LogP contribution in [0.15, 0.2) is 24.3 Å². The Morgan fingerprint density at radius 3 is 2.52 bits per heavy atom. The lowest BCUT2D eigenvalue weighted by atomic mass is 10.1. The Labute approximate surface area is 122 Å². The lowest BCUT2D eigenvalue weighted by Crippen LogP contribution is -2.44. The molecule has 2 N–H and O–H groups in total. The smallest absolute Gasteiger partial charge is 0.325 e. The fraction of sp³-hybridized carbons (Fsp3) is 0.400. The van der Waals surface area contributed by atoms with Gasteiger partial charge in [-0.15, -0.1) is 0 Å². The molecule has 2 atom stereocenters. The number of aryl methyl sites for hydroxylation is 1. The van der Waals surface area contributed by atoms with E-state index in [1.807, 2.05) is 31.2 Å². The molecule has 112 valence electrons. The van der Waals surface area contributed by atoms with E-state index >= 15 is 0 Å². The van der Waals surface area contributed by atoms with Crippen LogP contribution in [0.4, 0.5) is 5.69 Å². The fourth-order valence-electron chi connectivity index (χ4n) is 2.28. The summed E-state index contributed by atoms with van der Waals surface area (Å²) >= 11 is 0. The molecular weight excluding hydrogens is 272 g/mol. The van der Waals surface area contributed by atoms with E-state index in [2.05, 4.69) is 5.32 Å². The highest BCUT2D eigenvalue weighted by Crippen LogP contribution is 2.25. The van der Waals surface area contributed by atoms with E-state index in [1.165, 1.54) is 6.92 Å². The number of nitrogens with zero attached hydrogens (tertiary/aromatic N) is 1. The first kappa shape index (κ1) is 15.0. The van der Waals surface area contributed by atoms with Crippen LogP contribution in [0.5, 0.6) is 0 Å². The Bertz CT molecular complexity index is 568. The molecule has 0 unspecified atom stereocenters. The summed E-state index contributed by atoms with van der Waals surface area (Å²) in [6.07, 6.45) is 0.394. The second-order valence-corrected chi connectivity index (χ2v) is 5.24. The van der Waals surface area contributed by atoms with Crippen molar-refractivity contribution < 1.29 is 19.5 Å². The van der Waals surface area contributed by atoms with Crippen LogP contribution in [0.3, 0.4) is 0 Å². The highest BCUT2D eigenvalue weighted by Gasteiger charge is 2.38. The molecule has 0 saturated carbocycles. The summed E-state index contributed by atoms with van der Waals surface area (Å²) in [6, 6.07) is 6.49. The molecule has 6 heteroatoms. The van der Waals surface area contributed by atoms with Crippen molar-refractivity contribution >= 4 is 23.5 Å². The summed E-state index contributed by atoms with van der Waals surface area (Å²) in [5.41, 5.74) is 1.85. The predicted molar refractivity (Wildman–Crippen MR) is 76.9 cm³/mol. The molecule has 0 aliphatic carbocycles. The summed E-state index contributed by atoms with van der Waals surface area (Å²) in [6.45, 7) is 3.79. The Hall–Kier alpha value is -2.37. The summed E-state index contributed by atoms with van der Waals surface area (Å²) in [5.74, 6) is -2.74. The lowest BCUT2D eigenvalue weighted by molar-refractivity contribution is -0.143. The zero-order chi connectivity index (χ0) is 15.6. The van der Waals surface area contributed by atoms with Crippen molar-refractivity contribution in [3.63, 3.8) is 0 Å². The molecule has 1 heterocycles. The van der Waals surface area contributed by atoms with Crippen molar-refractivity contribution in [2.75, 3.05) is 11.4 Å². The maximum absolute atomic E-state index is 12.3. The molecule has 1 aliphatic heterocycles. The normalized spacial score (nSPS) is 19.4. The van der Waals surface area contributed by atoms with Crippen LogP contribution in [-0.2, 0) is 14.4 Å². The first-order chi connectivity index (χ1) is 9.90. The number of aliphatic carboxylic acids is 1. The number of benzene rings is 1. The molecule has 1 fully saturated rings. The molecule has 1 aliphatic rings. The van der Waals surface area contributed by atoms with E-state index in [0.29, 0.717) is 13.0 Å². The summed E-state index contributed by atoms with van der Waals surface area (Å²) in [7, 11) is 0. The molecule has 1 aromatic carbocycles. The largest absolute Gasteiger partial charge is 0.480 e. The molecule has 0 spiro atoms. The average Bonchev–Trinajstić information content (AvgIpc) is 2.81. The number of nitrogens with one attached hydrogen (secondary N) is 1. The molecule has 0 bridgehead atoms. The van der Waals surface area contributed by atoms with Gasteiger partial charge in [-0.25, -0.2) is 0 Å². The fourth-order valence-corrected chi connectivity index (χ4v) is 2.28. The van der Waals surface area contributed by atoms with Gasteiger partial charge in [0, 0.05) is 12.2 Å². The van der Waals surface area contributed by atoms with Crippen LogP contribution in [0.25, 0.3) is 0 Å². The molecule has 21 heavy (non-hydrogen) atoms. The van der Waals surface area contributed by atoms with Gasteiger partial charge in [-0.2, -0.15) is 0 Å². The van der Waals surface area contributed by atoms with Gasteiger partial charge in [0.1, 0.15) is 12.0 Å². The third-order valence-electron chi connectivity index (χ3n) is 3.60. The number of rotatable bonds is 4. The van der Waals surface area contributed by atoms with Crippen LogP contribution in [0, 0.1) is 12.8 Å². The molecule has 1 aromatic rings. The third-order valence-corrected chi connectivity index (χ3v) is 3.60. The second kappa shape index (κ2) is 5.95. The van der Waals surface area contributed by atoms with Crippen LogP contribution in [0.2, 0.25) is 0 Å². The molecule has 2 amide bonds. The SMILES string of the molecule is Cc1ccc(N2CC[C@@H](C(=O)N[C@@H](C)C(=O)O)C2=O)cc1. The van der Waals surface area contributed by atoms with Crippen molar-refractivity contribution in [2.45, 2.75) is 26.3 Å². The maximum Gasteiger partial charge on any atom is 0.325 e. The highest BCUT2D eigenvalue weighted by molar-refractivity contribution is 6.10. The van der Waals surface area contributed by atoms with Gasteiger partial charge in [0.25, 0.3) is 0 Å². The number of carboxylic acids is 1. The highest BCUT2D eigenvalue weighted by atomic mass is 16.4. The van der Waals surface area contributed by atoms with Gasteiger partial charge in [-0.05, 0) is 32.4 Å². The molecule has 6 nitrogen and oxygen atoms in total. The van der Waals surface area contributed by atoms with Gasteiger partial charge in [-0.3, -0.25) is 14.4 Å². The lowest BCUT2D eigenvalue weighted by Gasteiger charge is -2.17. The van der Waals surface area contributed by atoms with Gasteiger partial charge in [0.05, 0.1) is 0 Å². The van der Waals surface area contributed by atoms with Gasteiger partial charge in [0.15, 0.2) is 0 Å². The van der Waals surface area contributed by atoms with Crippen molar-refractivity contribution in [1.82, 2.24) is 5.32 Å². The van der Waals surface area contributed by atoms with E-state index in [4.69, 9.17) is 5.11 Å². The Kier molecular flexibility index (Phi) is 4.26. The van der Waals surface area contributed by atoms with Crippen molar-refractivity contribution in [3.8, 4) is 0 Å². The Balaban J connectivity index is 2.06. The number of carboxylic acid groups (broad SMARTS) is 1. The van der Waals surface area contributed by atoms with Gasteiger partial charge in [-0.1, -0.05) is 17.7 Å². The van der Waals surface area contributed by atoms with E-state index < -0.39 is 23.8 Å². The van der Waals surface area contributed by atoms with E-state index in [-0.39, 0.29) is 5.91 Å². The topological polar surface area (TPSA) is 86.7 Å². The van der Waals surface area contributed by atoms with Gasteiger partial charge >= 0.3 is 5.97 Å². The first-order valence-electron chi connectivity index (χ1n) is 6.81. The minimum atomic E-state index is -1.12. The van der Waals surface area contributed by atoms with E-state index in [9.17, 15) is 14.4 Å². The van der Waals surface area contributed by atoms with E-state index in [0.717, 1.165) is 11.3 Å². The summed E-state index contributed by atoms with van der Waals surface area (Å²) in [4.78, 5) is 36.6. The number of hydrogen-bond donors (Lipinski definition) is 2. The van der Waals surface area contributed by atoms with Crippen LogP contribution in [-0.4, -0.2) is 35.5 Å². The average molecular weight is 290 g/mol. The molecule has 2 rings (SSSR count). The third kappa shape index (κ3) is 3.21. The predicted octanol–water partition coefficient (Wildman–Crippen LogP) is 0.937. The number of carbonyl (C=O) groups is 3. The number of carbonyl (C=O) groups excluding carboxylic acids is 2. The Morgan fingerprint density at radius 2 is 1.95 bits per heavy atom. The van der Waals surface area contributed by atoms with Crippen LogP contribution < -0.4 is 10.2 Å². The first-order valence-corrected chi connectivity index (χ1v) is 6.81. The van der Waals surface area contributed by atoms with Gasteiger partial charge in [0.2, 0.25) is 11.8 Å². The van der Waals surface area contributed by atoms with Crippen molar-refractivity contribution in [1.29, 1.82) is 0 Å². The van der Waals surface area contributed by atoms with Crippen LogP contribution >= 0.6 is 0 Å². The Morgan fingerprint density at radius 1 is 1.33 bits per heavy atom. The monoisotopic (exact) mass is 290 g/mol. The minimum Gasteiger partial charge on any atom is -0.480 e. The number of amides is 2. The molecular formula is C15H18N2O4.